The highest BCUT2D eigenvalue weighted by Crippen LogP contribution is 2.22. The number of carbonyl (C=O) groups is 1. The van der Waals surface area contributed by atoms with Crippen LogP contribution in [-0.4, -0.2) is 22.0 Å². The van der Waals surface area contributed by atoms with Gasteiger partial charge in [-0.3, -0.25) is 10.1 Å². The molecule has 1 unspecified atom stereocenters. The number of carbonyl (C=O) groups excluding carboxylic acids is 1. The van der Waals surface area contributed by atoms with Gasteiger partial charge in [0.25, 0.3) is 0 Å². The van der Waals surface area contributed by atoms with Crippen LogP contribution in [0, 0.1) is 10.1 Å². The molecule has 0 fully saturated rings. The van der Waals surface area contributed by atoms with E-state index in [1.807, 2.05) is 6.92 Å². The first kappa shape index (κ1) is 14.4. The molecule has 98 valence electrons. The maximum absolute atomic E-state index is 11.8. The summed E-state index contributed by atoms with van der Waals surface area (Å²) in [6, 6.07) is 1.14. The first-order valence-corrected chi connectivity index (χ1v) is 5.84. The van der Waals surface area contributed by atoms with Crippen molar-refractivity contribution in [3.05, 3.63) is 33.1 Å². The van der Waals surface area contributed by atoms with Crippen molar-refractivity contribution < 1.29 is 14.5 Å². The molecular weight excluding hydrogens is 260 g/mol. The Bertz CT molecular complexity index is 464. The number of hydrogen-bond acceptors (Lipinski definition) is 5. The van der Waals surface area contributed by atoms with Crippen LogP contribution >= 0.6 is 11.6 Å². The van der Waals surface area contributed by atoms with Gasteiger partial charge in [0.15, 0.2) is 0 Å². The largest absolute Gasteiger partial charge is 0.459 e. The fourth-order valence-corrected chi connectivity index (χ4v) is 1.60. The van der Waals surface area contributed by atoms with E-state index >= 15 is 0 Å². The monoisotopic (exact) mass is 272 g/mol. The highest BCUT2D eigenvalue weighted by atomic mass is 35.5. The third kappa shape index (κ3) is 3.66. The lowest BCUT2D eigenvalue weighted by molar-refractivity contribution is -0.385. The second kappa shape index (κ2) is 6.30. The molecule has 0 N–H and O–H groups in total. The molecular formula is C11H13ClN2O4. The van der Waals surface area contributed by atoms with E-state index in [0.29, 0.717) is 6.42 Å². The van der Waals surface area contributed by atoms with Gasteiger partial charge in [0.05, 0.1) is 11.0 Å². The van der Waals surface area contributed by atoms with E-state index < -0.39 is 16.6 Å². The number of nitrogens with zero attached hydrogens (tertiary/aromatic N) is 2. The van der Waals surface area contributed by atoms with Crippen molar-refractivity contribution >= 4 is 23.3 Å². The number of ether oxygens (including phenoxy) is 1. The van der Waals surface area contributed by atoms with Gasteiger partial charge in [-0.1, -0.05) is 24.9 Å². The second-order valence-electron chi connectivity index (χ2n) is 3.79. The fourth-order valence-electron chi connectivity index (χ4n) is 1.44. The number of pyridine rings is 1. The third-order valence-corrected chi connectivity index (χ3v) is 2.48. The highest BCUT2D eigenvalue weighted by Gasteiger charge is 2.23. The average Bonchev–Trinajstić information content (AvgIpc) is 2.28. The van der Waals surface area contributed by atoms with Crippen LogP contribution in [0.1, 0.15) is 37.0 Å². The summed E-state index contributed by atoms with van der Waals surface area (Å²) in [6.07, 6.45) is 2.20. The lowest BCUT2D eigenvalue weighted by atomic mass is 10.2. The topological polar surface area (TPSA) is 82.3 Å². The lowest BCUT2D eigenvalue weighted by Gasteiger charge is -2.12. The molecule has 1 heterocycles. The summed E-state index contributed by atoms with van der Waals surface area (Å²) in [5.74, 6) is -0.757. The summed E-state index contributed by atoms with van der Waals surface area (Å²) < 4.78 is 5.09. The number of halogens is 1. The highest BCUT2D eigenvalue weighted by molar-refractivity contribution is 6.29. The summed E-state index contributed by atoms with van der Waals surface area (Å²) in [5, 5.41) is 10.8. The molecule has 0 bridgehead atoms. The molecule has 0 amide bonds. The molecule has 1 rings (SSSR count). The van der Waals surface area contributed by atoms with Crippen LogP contribution in [-0.2, 0) is 4.74 Å². The van der Waals surface area contributed by atoms with E-state index in [1.54, 1.807) is 6.92 Å². The number of esters is 1. The molecule has 1 atom stereocenters. The SMILES string of the molecule is CCCC(C)OC(=O)c1cc(Cl)ncc1[N+](=O)[O-]. The van der Waals surface area contributed by atoms with E-state index in [2.05, 4.69) is 4.98 Å². The minimum atomic E-state index is -0.757. The Morgan fingerprint density at radius 3 is 2.89 bits per heavy atom. The molecule has 1 aromatic heterocycles. The number of nitro groups is 1. The van der Waals surface area contributed by atoms with Crippen molar-refractivity contribution in [2.45, 2.75) is 32.8 Å². The fraction of sp³-hybridized carbons (Fsp3) is 0.455. The molecule has 0 aliphatic heterocycles. The van der Waals surface area contributed by atoms with Crippen molar-refractivity contribution in [1.82, 2.24) is 4.98 Å². The van der Waals surface area contributed by atoms with E-state index in [4.69, 9.17) is 16.3 Å². The summed E-state index contributed by atoms with van der Waals surface area (Å²) in [7, 11) is 0. The van der Waals surface area contributed by atoms with Crippen molar-refractivity contribution in [2.24, 2.45) is 0 Å². The Balaban J connectivity index is 2.97. The quantitative estimate of drug-likeness (QED) is 0.356. The van der Waals surface area contributed by atoms with Crippen molar-refractivity contribution in [3.63, 3.8) is 0 Å². The van der Waals surface area contributed by atoms with E-state index in [9.17, 15) is 14.9 Å². The van der Waals surface area contributed by atoms with Gasteiger partial charge in [-0.2, -0.15) is 0 Å². The van der Waals surface area contributed by atoms with Gasteiger partial charge in [0, 0.05) is 0 Å². The minimum Gasteiger partial charge on any atom is -0.459 e. The van der Waals surface area contributed by atoms with Crippen LogP contribution in [0.5, 0.6) is 0 Å². The normalized spacial score (nSPS) is 11.9. The molecule has 0 aromatic carbocycles. The lowest BCUT2D eigenvalue weighted by Crippen LogP contribution is -2.16. The smallest absolute Gasteiger partial charge is 0.345 e. The first-order chi connectivity index (χ1) is 8.45. The maximum atomic E-state index is 11.8. The zero-order chi connectivity index (χ0) is 13.7. The van der Waals surface area contributed by atoms with Gasteiger partial charge in [-0.25, -0.2) is 9.78 Å². The van der Waals surface area contributed by atoms with Gasteiger partial charge < -0.3 is 4.74 Å². The Kier molecular flexibility index (Phi) is 5.03. The first-order valence-electron chi connectivity index (χ1n) is 5.46. The molecule has 0 aliphatic rings. The number of rotatable bonds is 5. The predicted molar refractivity (Wildman–Crippen MR) is 65.7 cm³/mol. The van der Waals surface area contributed by atoms with Gasteiger partial charge in [-0.05, 0) is 19.4 Å². The minimum absolute atomic E-state index is 0.00990. The standard InChI is InChI=1S/C11H13ClN2O4/c1-3-4-7(2)18-11(15)8-5-10(12)13-6-9(8)14(16)17/h5-7H,3-4H2,1-2H3. The van der Waals surface area contributed by atoms with Gasteiger partial charge in [0.2, 0.25) is 0 Å². The zero-order valence-electron chi connectivity index (χ0n) is 10.1. The van der Waals surface area contributed by atoms with Crippen LogP contribution in [0.3, 0.4) is 0 Å². The zero-order valence-corrected chi connectivity index (χ0v) is 10.8. The molecule has 0 radical (unpaired) electrons. The molecule has 0 saturated heterocycles. The Morgan fingerprint density at radius 1 is 1.67 bits per heavy atom. The predicted octanol–water partition coefficient (Wildman–Crippen LogP) is 2.99. The van der Waals surface area contributed by atoms with E-state index in [0.717, 1.165) is 18.7 Å². The van der Waals surface area contributed by atoms with Crippen LogP contribution < -0.4 is 0 Å². The summed E-state index contributed by atoms with van der Waals surface area (Å²) >= 11 is 5.62. The Hall–Kier alpha value is -1.69. The molecule has 6 nitrogen and oxygen atoms in total. The van der Waals surface area contributed by atoms with E-state index in [-0.39, 0.29) is 16.8 Å². The van der Waals surface area contributed by atoms with Crippen LogP contribution in [0.4, 0.5) is 5.69 Å². The van der Waals surface area contributed by atoms with Crippen molar-refractivity contribution in [2.75, 3.05) is 0 Å². The van der Waals surface area contributed by atoms with Crippen LogP contribution in [0.15, 0.2) is 12.3 Å². The molecule has 0 spiro atoms. The number of hydrogen-bond donors (Lipinski definition) is 0. The Labute approximate surface area is 109 Å². The maximum Gasteiger partial charge on any atom is 0.345 e. The number of aromatic nitrogens is 1. The Morgan fingerprint density at radius 2 is 2.33 bits per heavy atom. The molecule has 0 saturated carbocycles. The summed E-state index contributed by atoms with van der Waals surface area (Å²) in [5.41, 5.74) is -0.587. The molecule has 7 heteroatoms. The van der Waals surface area contributed by atoms with E-state index in [1.165, 1.54) is 0 Å². The molecule has 0 aliphatic carbocycles. The van der Waals surface area contributed by atoms with Gasteiger partial charge in [-0.15, -0.1) is 0 Å². The average molecular weight is 273 g/mol. The molecule has 1 aromatic rings. The molecule has 18 heavy (non-hydrogen) atoms. The van der Waals surface area contributed by atoms with Gasteiger partial charge in [0.1, 0.15) is 16.9 Å². The van der Waals surface area contributed by atoms with Gasteiger partial charge >= 0.3 is 11.7 Å². The van der Waals surface area contributed by atoms with Crippen molar-refractivity contribution in [1.29, 1.82) is 0 Å². The van der Waals surface area contributed by atoms with Crippen LogP contribution in [0.25, 0.3) is 0 Å². The third-order valence-electron chi connectivity index (χ3n) is 2.27. The summed E-state index contributed by atoms with van der Waals surface area (Å²) in [4.78, 5) is 25.4. The second-order valence-corrected chi connectivity index (χ2v) is 4.17. The van der Waals surface area contributed by atoms with Crippen molar-refractivity contribution in [3.8, 4) is 0 Å². The summed E-state index contributed by atoms with van der Waals surface area (Å²) in [6.45, 7) is 3.69. The van der Waals surface area contributed by atoms with Crippen LogP contribution in [0.2, 0.25) is 5.15 Å².